The van der Waals surface area contributed by atoms with E-state index in [0.29, 0.717) is 5.02 Å². The first-order valence-corrected chi connectivity index (χ1v) is 6.49. The number of fused-ring (bicyclic) bond motifs is 1. The largest absolute Gasteiger partial charge is 0.320 e. The normalized spacial score (nSPS) is 12.5. The Bertz CT molecular complexity index is 719. The quantitative estimate of drug-likeness (QED) is 0.765. The zero-order chi connectivity index (χ0) is 13.2. The van der Waals surface area contributed by atoms with Gasteiger partial charge in [0.05, 0.1) is 11.6 Å². The second-order valence-electron chi connectivity index (χ2n) is 4.42. The number of rotatable bonds is 2. The maximum atomic E-state index is 6.37. The summed E-state index contributed by atoms with van der Waals surface area (Å²) < 4.78 is 0. The molecule has 3 rings (SSSR count). The molecule has 3 aromatic rings. The molecule has 0 aliphatic heterocycles. The lowest BCUT2D eigenvalue weighted by atomic mass is 9.96. The minimum atomic E-state index is -0.249. The zero-order valence-electron chi connectivity index (χ0n) is 10.3. The number of hydrogen-bond donors (Lipinski definition) is 1. The van der Waals surface area contributed by atoms with E-state index in [4.69, 9.17) is 17.3 Å². The molecule has 3 heteroatoms. The number of pyridine rings is 1. The van der Waals surface area contributed by atoms with E-state index >= 15 is 0 Å². The van der Waals surface area contributed by atoms with E-state index in [1.807, 2.05) is 54.6 Å². The minimum absolute atomic E-state index is 0.249. The highest BCUT2D eigenvalue weighted by atomic mass is 35.5. The van der Waals surface area contributed by atoms with Crippen molar-refractivity contribution in [2.75, 3.05) is 0 Å². The lowest BCUT2D eigenvalue weighted by molar-refractivity contribution is 0.880. The zero-order valence-corrected chi connectivity index (χ0v) is 11.0. The Balaban J connectivity index is 2.17. The van der Waals surface area contributed by atoms with Crippen LogP contribution in [0.4, 0.5) is 0 Å². The predicted molar refractivity (Wildman–Crippen MR) is 79.2 cm³/mol. The van der Waals surface area contributed by atoms with Crippen LogP contribution in [-0.4, -0.2) is 4.98 Å². The average molecular weight is 269 g/mol. The molecule has 0 amide bonds. The number of nitrogens with zero attached hydrogens (tertiary/aromatic N) is 1. The monoisotopic (exact) mass is 268 g/mol. The lowest BCUT2D eigenvalue weighted by Gasteiger charge is -2.16. The highest BCUT2D eigenvalue weighted by molar-refractivity contribution is 6.31. The third-order valence-corrected chi connectivity index (χ3v) is 3.60. The van der Waals surface area contributed by atoms with Crippen molar-refractivity contribution in [2.45, 2.75) is 6.04 Å². The molecule has 2 nitrogen and oxygen atoms in total. The highest BCUT2D eigenvalue weighted by Crippen LogP contribution is 2.30. The van der Waals surface area contributed by atoms with Gasteiger partial charge in [-0.2, -0.15) is 0 Å². The van der Waals surface area contributed by atoms with Gasteiger partial charge in [0, 0.05) is 16.6 Å². The fourth-order valence-electron chi connectivity index (χ4n) is 2.29. The van der Waals surface area contributed by atoms with Crippen LogP contribution in [0.2, 0.25) is 5.02 Å². The van der Waals surface area contributed by atoms with Crippen LogP contribution >= 0.6 is 11.6 Å². The van der Waals surface area contributed by atoms with Gasteiger partial charge in [0.15, 0.2) is 0 Å². The summed E-state index contributed by atoms with van der Waals surface area (Å²) in [4.78, 5) is 4.35. The standard InChI is InChI=1S/C16H13ClN2/c17-14-8-2-1-5-13(14)16(18)12-6-3-9-15-11(12)7-4-10-19-15/h1-10,16H,18H2. The molecule has 1 heterocycles. The molecule has 0 aliphatic carbocycles. The molecule has 1 unspecified atom stereocenters. The average Bonchev–Trinajstić information content (AvgIpc) is 2.46. The van der Waals surface area contributed by atoms with Gasteiger partial charge in [-0.05, 0) is 29.3 Å². The number of halogens is 1. The van der Waals surface area contributed by atoms with Gasteiger partial charge in [-0.3, -0.25) is 4.98 Å². The van der Waals surface area contributed by atoms with Crippen LogP contribution in [0.5, 0.6) is 0 Å². The molecule has 0 fully saturated rings. The summed E-state index contributed by atoms with van der Waals surface area (Å²) in [6.45, 7) is 0. The van der Waals surface area contributed by atoms with Gasteiger partial charge in [0.1, 0.15) is 0 Å². The summed E-state index contributed by atoms with van der Waals surface area (Å²) >= 11 is 6.22. The van der Waals surface area contributed by atoms with E-state index < -0.39 is 0 Å². The lowest BCUT2D eigenvalue weighted by Crippen LogP contribution is -2.12. The van der Waals surface area contributed by atoms with E-state index in [-0.39, 0.29) is 6.04 Å². The van der Waals surface area contributed by atoms with Crippen molar-refractivity contribution in [1.82, 2.24) is 4.98 Å². The molecule has 0 saturated heterocycles. The smallest absolute Gasteiger partial charge is 0.0705 e. The van der Waals surface area contributed by atoms with Crippen LogP contribution in [0.25, 0.3) is 10.9 Å². The maximum absolute atomic E-state index is 6.37. The van der Waals surface area contributed by atoms with Gasteiger partial charge in [0.2, 0.25) is 0 Å². The van der Waals surface area contributed by atoms with Crippen LogP contribution in [0.15, 0.2) is 60.8 Å². The molecule has 19 heavy (non-hydrogen) atoms. The van der Waals surface area contributed by atoms with Crippen molar-refractivity contribution in [1.29, 1.82) is 0 Å². The van der Waals surface area contributed by atoms with Crippen molar-refractivity contribution in [3.8, 4) is 0 Å². The molecule has 0 bridgehead atoms. The van der Waals surface area contributed by atoms with Gasteiger partial charge >= 0.3 is 0 Å². The van der Waals surface area contributed by atoms with Gasteiger partial charge in [-0.25, -0.2) is 0 Å². The van der Waals surface area contributed by atoms with Crippen molar-refractivity contribution < 1.29 is 0 Å². The summed E-state index contributed by atoms with van der Waals surface area (Å²) in [6, 6.07) is 17.4. The number of hydrogen-bond acceptors (Lipinski definition) is 2. The number of aromatic nitrogens is 1. The third kappa shape index (κ3) is 2.21. The molecule has 1 atom stereocenters. The summed E-state index contributed by atoms with van der Waals surface area (Å²) in [5, 5.41) is 1.76. The molecule has 1 aromatic heterocycles. The van der Waals surface area contributed by atoms with Gasteiger partial charge < -0.3 is 5.73 Å². The Morgan fingerprint density at radius 3 is 2.53 bits per heavy atom. The summed E-state index contributed by atoms with van der Waals surface area (Å²) in [5.74, 6) is 0. The van der Waals surface area contributed by atoms with Crippen LogP contribution < -0.4 is 5.73 Å². The minimum Gasteiger partial charge on any atom is -0.320 e. The maximum Gasteiger partial charge on any atom is 0.0705 e. The fraction of sp³-hybridized carbons (Fsp3) is 0.0625. The third-order valence-electron chi connectivity index (χ3n) is 3.25. The van der Waals surface area contributed by atoms with Gasteiger partial charge in [-0.15, -0.1) is 0 Å². The number of nitrogens with two attached hydrogens (primary N) is 1. The van der Waals surface area contributed by atoms with Crippen LogP contribution in [0.3, 0.4) is 0 Å². The van der Waals surface area contributed by atoms with E-state index in [9.17, 15) is 0 Å². The summed E-state index contributed by atoms with van der Waals surface area (Å²) in [7, 11) is 0. The molecular weight excluding hydrogens is 256 g/mol. The second-order valence-corrected chi connectivity index (χ2v) is 4.82. The summed E-state index contributed by atoms with van der Waals surface area (Å²) in [6.07, 6.45) is 1.78. The molecular formula is C16H13ClN2. The molecule has 2 N–H and O–H groups in total. The molecule has 0 spiro atoms. The Morgan fingerprint density at radius 2 is 1.68 bits per heavy atom. The Labute approximate surface area is 116 Å². The Kier molecular flexibility index (Phi) is 3.20. The Morgan fingerprint density at radius 1 is 0.895 bits per heavy atom. The topological polar surface area (TPSA) is 38.9 Å². The van der Waals surface area contributed by atoms with Crippen molar-refractivity contribution >= 4 is 22.5 Å². The SMILES string of the molecule is NC(c1ccccc1Cl)c1cccc2ncccc12. The number of benzene rings is 2. The molecule has 2 aromatic carbocycles. The molecule has 0 aliphatic rings. The molecule has 94 valence electrons. The molecule has 0 saturated carbocycles. The first-order chi connectivity index (χ1) is 9.27. The van der Waals surface area contributed by atoms with Crippen LogP contribution in [-0.2, 0) is 0 Å². The first kappa shape index (κ1) is 12.2. The van der Waals surface area contributed by atoms with Crippen LogP contribution in [0, 0.1) is 0 Å². The van der Waals surface area contributed by atoms with Crippen molar-refractivity contribution in [3.63, 3.8) is 0 Å². The summed E-state index contributed by atoms with van der Waals surface area (Å²) in [5.41, 5.74) is 9.29. The Hall–Kier alpha value is -1.90. The van der Waals surface area contributed by atoms with Crippen LogP contribution in [0.1, 0.15) is 17.2 Å². The van der Waals surface area contributed by atoms with Crippen molar-refractivity contribution in [2.24, 2.45) is 5.73 Å². The van der Waals surface area contributed by atoms with Gasteiger partial charge in [0.25, 0.3) is 0 Å². The van der Waals surface area contributed by atoms with Gasteiger partial charge in [-0.1, -0.05) is 48.0 Å². The fourth-order valence-corrected chi connectivity index (χ4v) is 2.55. The second kappa shape index (κ2) is 5.00. The first-order valence-electron chi connectivity index (χ1n) is 6.11. The van der Waals surface area contributed by atoms with E-state index in [0.717, 1.165) is 22.0 Å². The van der Waals surface area contributed by atoms with Crippen molar-refractivity contribution in [3.05, 3.63) is 76.9 Å². The van der Waals surface area contributed by atoms with E-state index in [2.05, 4.69) is 4.98 Å². The van der Waals surface area contributed by atoms with E-state index in [1.165, 1.54) is 0 Å². The highest BCUT2D eigenvalue weighted by Gasteiger charge is 2.14. The predicted octanol–water partition coefficient (Wildman–Crippen LogP) is 3.94. The van der Waals surface area contributed by atoms with E-state index in [1.54, 1.807) is 6.20 Å². The molecule has 0 radical (unpaired) electrons.